The highest BCUT2D eigenvalue weighted by Gasteiger charge is 2.23. The summed E-state index contributed by atoms with van der Waals surface area (Å²) in [5.41, 5.74) is 0.975. The number of benzene rings is 2. The number of amides is 3. The lowest BCUT2D eigenvalue weighted by Gasteiger charge is -2.34. The Labute approximate surface area is 174 Å². The van der Waals surface area contributed by atoms with Crippen molar-refractivity contribution in [3.8, 4) is 5.75 Å². The van der Waals surface area contributed by atoms with Crippen molar-refractivity contribution in [3.05, 3.63) is 64.7 Å². The van der Waals surface area contributed by atoms with Gasteiger partial charge in [-0.2, -0.15) is 0 Å². The minimum atomic E-state index is -0.450. The van der Waals surface area contributed by atoms with Crippen molar-refractivity contribution in [2.24, 2.45) is 0 Å². The maximum Gasteiger partial charge on any atom is 0.257 e. The molecular formula is C21H22ClN3O4. The molecule has 0 spiro atoms. The highest BCUT2D eigenvalue weighted by molar-refractivity contribution is 6.30. The van der Waals surface area contributed by atoms with Crippen molar-refractivity contribution in [1.29, 1.82) is 0 Å². The van der Waals surface area contributed by atoms with Crippen LogP contribution in [0.25, 0.3) is 0 Å². The number of rotatable bonds is 5. The predicted octanol–water partition coefficient (Wildman–Crippen LogP) is 2.06. The van der Waals surface area contributed by atoms with E-state index in [0.717, 1.165) is 0 Å². The quantitative estimate of drug-likeness (QED) is 0.808. The SMILES string of the molecule is COc1ccc(C(=O)NC(=O)CN2CCN(C(=O)c3ccc(Cl)cc3)CC2)cc1. The van der Waals surface area contributed by atoms with Gasteiger partial charge in [0.25, 0.3) is 11.8 Å². The Kier molecular flexibility index (Phi) is 6.85. The van der Waals surface area contributed by atoms with Crippen LogP contribution < -0.4 is 10.1 Å². The summed E-state index contributed by atoms with van der Waals surface area (Å²) in [4.78, 5) is 40.5. The molecule has 152 valence electrons. The number of piperazine rings is 1. The number of imide groups is 1. The van der Waals surface area contributed by atoms with Crippen LogP contribution in [0.15, 0.2) is 48.5 Å². The summed E-state index contributed by atoms with van der Waals surface area (Å²) < 4.78 is 5.05. The van der Waals surface area contributed by atoms with Gasteiger partial charge in [0.1, 0.15) is 5.75 Å². The first kappa shape index (κ1) is 20.8. The fourth-order valence-electron chi connectivity index (χ4n) is 3.07. The Morgan fingerprint density at radius 2 is 1.52 bits per heavy atom. The largest absolute Gasteiger partial charge is 0.497 e. The van der Waals surface area contributed by atoms with Gasteiger partial charge in [-0.3, -0.25) is 24.6 Å². The van der Waals surface area contributed by atoms with Crippen molar-refractivity contribution < 1.29 is 19.1 Å². The van der Waals surface area contributed by atoms with Crippen LogP contribution in [0.2, 0.25) is 5.02 Å². The molecule has 0 atom stereocenters. The molecule has 1 aliphatic heterocycles. The number of nitrogens with zero attached hydrogens (tertiary/aromatic N) is 2. The molecule has 1 fully saturated rings. The van der Waals surface area contributed by atoms with Gasteiger partial charge in [-0.05, 0) is 48.5 Å². The maximum atomic E-state index is 12.5. The smallest absolute Gasteiger partial charge is 0.257 e. The molecule has 0 radical (unpaired) electrons. The number of carbonyl (C=O) groups is 3. The standard InChI is InChI=1S/C21H22ClN3O4/c1-29-18-8-4-15(5-9-18)20(27)23-19(26)14-24-10-12-25(13-11-24)21(28)16-2-6-17(22)7-3-16/h2-9H,10-14H2,1H3,(H,23,26,27). The third kappa shape index (κ3) is 5.56. The summed E-state index contributed by atoms with van der Waals surface area (Å²) in [5.74, 6) is -0.239. The fraction of sp³-hybridized carbons (Fsp3) is 0.286. The molecule has 8 heteroatoms. The molecule has 0 aromatic heterocycles. The molecule has 29 heavy (non-hydrogen) atoms. The molecule has 2 aromatic carbocycles. The minimum absolute atomic E-state index is 0.0551. The zero-order valence-corrected chi connectivity index (χ0v) is 16.8. The number of halogens is 1. The zero-order chi connectivity index (χ0) is 20.8. The second-order valence-electron chi connectivity index (χ2n) is 6.68. The van der Waals surface area contributed by atoms with E-state index in [1.165, 1.54) is 0 Å². The van der Waals surface area contributed by atoms with E-state index in [4.69, 9.17) is 16.3 Å². The molecule has 1 saturated heterocycles. The minimum Gasteiger partial charge on any atom is -0.497 e. The predicted molar refractivity (Wildman–Crippen MR) is 109 cm³/mol. The van der Waals surface area contributed by atoms with Crippen LogP contribution in [0.4, 0.5) is 0 Å². The van der Waals surface area contributed by atoms with Crippen molar-refractivity contribution in [2.45, 2.75) is 0 Å². The zero-order valence-electron chi connectivity index (χ0n) is 16.1. The second kappa shape index (κ2) is 9.54. The van der Waals surface area contributed by atoms with E-state index in [1.54, 1.807) is 60.5 Å². The van der Waals surface area contributed by atoms with E-state index in [9.17, 15) is 14.4 Å². The van der Waals surface area contributed by atoms with Crippen molar-refractivity contribution >= 4 is 29.3 Å². The Balaban J connectivity index is 1.46. The first-order valence-corrected chi connectivity index (χ1v) is 9.59. The molecule has 3 rings (SSSR count). The van der Waals surface area contributed by atoms with Crippen LogP contribution in [0.1, 0.15) is 20.7 Å². The van der Waals surface area contributed by atoms with Gasteiger partial charge in [-0.15, -0.1) is 0 Å². The Morgan fingerprint density at radius 3 is 2.10 bits per heavy atom. The monoisotopic (exact) mass is 415 g/mol. The molecule has 1 N–H and O–H groups in total. The molecule has 0 unspecified atom stereocenters. The lowest BCUT2D eigenvalue weighted by atomic mass is 10.2. The van der Waals surface area contributed by atoms with Crippen LogP contribution in [-0.4, -0.2) is 67.4 Å². The number of hydrogen-bond acceptors (Lipinski definition) is 5. The van der Waals surface area contributed by atoms with Gasteiger partial charge in [-0.25, -0.2) is 0 Å². The lowest BCUT2D eigenvalue weighted by molar-refractivity contribution is -0.121. The molecule has 7 nitrogen and oxygen atoms in total. The molecule has 3 amide bonds. The number of ether oxygens (including phenoxy) is 1. The van der Waals surface area contributed by atoms with Crippen LogP contribution in [-0.2, 0) is 4.79 Å². The summed E-state index contributed by atoms with van der Waals surface area (Å²) in [6.07, 6.45) is 0. The van der Waals surface area contributed by atoms with Gasteiger partial charge in [-0.1, -0.05) is 11.6 Å². The van der Waals surface area contributed by atoms with Crippen LogP contribution in [0.5, 0.6) is 5.75 Å². The third-order valence-corrected chi connectivity index (χ3v) is 4.98. The van der Waals surface area contributed by atoms with Gasteiger partial charge in [0.15, 0.2) is 0 Å². The average molecular weight is 416 g/mol. The molecule has 0 aliphatic carbocycles. The van der Waals surface area contributed by atoms with E-state index in [-0.39, 0.29) is 18.4 Å². The first-order valence-electron chi connectivity index (χ1n) is 9.21. The molecule has 1 aliphatic rings. The van der Waals surface area contributed by atoms with Gasteiger partial charge in [0.05, 0.1) is 13.7 Å². The van der Waals surface area contributed by atoms with Gasteiger partial charge < -0.3 is 9.64 Å². The highest BCUT2D eigenvalue weighted by atomic mass is 35.5. The van der Waals surface area contributed by atoms with Crippen molar-refractivity contribution in [1.82, 2.24) is 15.1 Å². The molecule has 0 bridgehead atoms. The number of nitrogens with one attached hydrogen (secondary N) is 1. The fourth-order valence-corrected chi connectivity index (χ4v) is 3.19. The summed E-state index contributed by atoms with van der Waals surface area (Å²) in [7, 11) is 1.54. The molecule has 1 heterocycles. The van der Waals surface area contributed by atoms with Crippen molar-refractivity contribution in [2.75, 3.05) is 39.8 Å². The highest BCUT2D eigenvalue weighted by Crippen LogP contribution is 2.13. The normalized spacial score (nSPS) is 14.3. The molecule has 0 saturated carbocycles. The summed E-state index contributed by atoms with van der Waals surface area (Å²) >= 11 is 5.86. The average Bonchev–Trinajstić information content (AvgIpc) is 2.74. The number of hydrogen-bond donors (Lipinski definition) is 1. The summed E-state index contributed by atoms with van der Waals surface area (Å²) in [6, 6.07) is 13.3. The summed E-state index contributed by atoms with van der Waals surface area (Å²) in [6.45, 7) is 2.25. The first-order chi connectivity index (χ1) is 14.0. The molecule has 2 aromatic rings. The number of carbonyl (C=O) groups excluding carboxylic acids is 3. The van der Waals surface area contributed by atoms with E-state index in [2.05, 4.69) is 5.32 Å². The number of methoxy groups -OCH3 is 1. The van der Waals surface area contributed by atoms with E-state index in [1.807, 2.05) is 4.90 Å². The lowest BCUT2D eigenvalue weighted by Crippen LogP contribution is -2.51. The second-order valence-corrected chi connectivity index (χ2v) is 7.12. The Hall–Kier alpha value is -2.90. The Bertz CT molecular complexity index is 876. The van der Waals surface area contributed by atoms with Gasteiger partial charge in [0, 0.05) is 42.3 Å². The third-order valence-electron chi connectivity index (χ3n) is 4.72. The van der Waals surface area contributed by atoms with E-state index >= 15 is 0 Å². The van der Waals surface area contributed by atoms with Crippen molar-refractivity contribution in [3.63, 3.8) is 0 Å². The van der Waals surface area contributed by atoms with E-state index in [0.29, 0.717) is 48.1 Å². The van der Waals surface area contributed by atoms with E-state index < -0.39 is 5.91 Å². The van der Waals surface area contributed by atoms with Crippen LogP contribution >= 0.6 is 11.6 Å². The van der Waals surface area contributed by atoms with Crippen LogP contribution in [0.3, 0.4) is 0 Å². The molecular weight excluding hydrogens is 394 g/mol. The van der Waals surface area contributed by atoms with Gasteiger partial charge >= 0.3 is 0 Å². The maximum absolute atomic E-state index is 12.5. The van der Waals surface area contributed by atoms with Gasteiger partial charge in [0.2, 0.25) is 5.91 Å². The van der Waals surface area contributed by atoms with Crippen LogP contribution in [0, 0.1) is 0 Å². The summed E-state index contributed by atoms with van der Waals surface area (Å²) in [5, 5.41) is 2.98. The topological polar surface area (TPSA) is 79.0 Å². The Morgan fingerprint density at radius 1 is 0.931 bits per heavy atom.